The quantitative estimate of drug-likeness (QED) is 0.675. The molecule has 5 nitrogen and oxygen atoms in total. The van der Waals surface area contributed by atoms with Crippen LogP contribution in [0.1, 0.15) is 33.0 Å². The first-order valence-corrected chi connectivity index (χ1v) is 10.8. The first-order valence-electron chi connectivity index (χ1n) is 9.17. The van der Waals surface area contributed by atoms with E-state index in [4.69, 9.17) is 4.42 Å². The number of hydrogen-bond acceptors (Lipinski definition) is 4. The zero-order valence-electron chi connectivity index (χ0n) is 15.6. The zero-order chi connectivity index (χ0) is 19.7. The van der Waals surface area contributed by atoms with Crippen LogP contribution in [0, 0.1) is 6.92 Å². The van der Waals surface area contributed by atoms with E-state index in [1.807, 2.05) is 18.2 Å². The van der Waals surface area contributed by atoms with Gasteiger partial charge in [-0.25, -0.2) is 8.42 Å². The molecule has 4 rings (SSSR count). The van der Waals surface area contributed by atoms with Gasteiger partial charge in [-0.3, -0.25) is 4.79 Å². The van der Waals surface area contributed by atoms with Gasteiger partial charge in [0.05, 0.1) is 4.90 Å². The van der Waals surface area contributed by atoms with Gasteiger partial charge in [0.15, 0.2) is 15.6 Å². The van der Waals surface area contributed by atoms with E-state index in [1.165, 1.54) is 5.56 Å². The summed E-state index contributed by atoms with van der Waals surface area (Å²) in [5.74, 6) is -0.0408. The molecule has 0 unspecified atom stereocenters. The minimum atomic E-state index is -3.54. The largest absolute Gasteiger partial charge is 0.455 e. The summed E-state index contributed by atoms with van der Waals surface area (Å²) in [6, 6.07) is 18.1. The fraction of sp³-hybridized carbons (Fsp3) is 0.227. The lowest BCUT2D eigenvalue weighted by atomic mass is 10.00. The van der Waals surface area contributed by atoms with Crippen LogP contribution >= 0.6 is 0 Å². The monoisotopic (exact) mass is 395 g/mol. The van der Waals surface area contributed by atoms with Gasteiger partial charge in [-0.2, -0.15) is 0 Å². The Morgan fingerprint density at radius 3 is 2.50 bits per heavy atom. The van der Waals surface area contributed by atoms with E-state index in [0.717, 1.165) is 12.0 Å². The van der Waals surface area contributed by atoms with Gasteiger partial charge in [-0.05, 0) is 48.2 Å². The summed E-state index contributed by atoms with van der Waals surface area (Å²) in [5.41, 5.74) is 3.09. The highest BCUT2D eigenvalue weighted by Crippen LogP contribution is 2.24. The molecule has 0 radical (unpaired) electrons. The Bertz CT molecular complexity index is 1130. The third-order valence-corrected chi connectivity index (χ3v) is 6.84. The lowest BCUT2D eigenvalue weighted by Crippen LogP contribution is -2.35. The van der Waals surface area contributed by atoms with Crippen molar-refractivity contribution in [1.29, 1.82) is 0 Å². The maximum Gasteiger partial charge on any atom is 0.289 e. The molecule has 0 N–H and O–H groups in total. The molecule has 2 heterocycles. The molecule has 2 aromatic carbocycles. The number of furan rings is 1. The van der Waals surface area contributed by atoms with E-state index in [1.54, 1.807) is 48.2 Å². The van der Waals surface area contributed by atoms with Crippen molar-refractivity contribution in [2.45, 2.75) is 30.5 Å². The zero-order valence-corrected chi connectivity index (χ0v) is 16.4. The Hall–Kier alpha value is -2.86. The minimum absolute atomic E-state index is 0.175. The summed E-state index contributed by atoms with van der Waals surface area (Å²) in [4.78, 5) is 14.8. The lowest BCUT2D eigenvalue weighted by molar-refractivity contribution is 0.0701. The molecule has 1 aliphatic heterocycles. The summed E-state index contributed by atoms with van der Waals surface area (Å²) in [5, 5.41) is 0. The molecule has 1 aromatic heterocycles. The molecule has 6 heteroatoms. The van der Waals surface area contributed by atoms with Crippen molar-refractivity contribution in [3.8, 4) is 0 Å². The van der Waals surface area contributed by atoms with Gasteiger partial charge in [0.1, 0.15) is 11.5 Å². The number of carbonyl (C=O) groups excluding carboxylic acids is 1. The molecule has 1 aliphatic rings. The van der Waals surface area contributed by atoms with Gasteiger partial charge in [0.2, 0.25) is 0 Å². The van der Waals surface area contributed by atoms with Crippen molar-refractivity contribution in [2.24, 2.45) is 0 Å². The van der Waals surface area contributed by atoms with Gasteiger partial charge in [0.25, 0.3) is 5.91 Å². The second kappa shape index (κ2) is 7.28. The van der Waals surface area contributed by atoms with Crippen LogP contribution in [-0.2, 0) is 28.6 Å². The van der Waals surface area contributed by atoms with Crippen molar-refractivity contribution in [1.82, 2.24) is 4.90 Å². The summed E-state index contributed by atoms with van der Waals surface area (Å²) in [7, 11) is -3.54. The number of aryl methyl sites for hydroxylation is 1. The Morgan fingerprint density at radius 1 is 1.00 bits per heavy atom. The van der Waals surface area contributed by atoms with Crippen LogP contribution < -0.4 is 0 Å². The molecule has 0 bridgehead atoms. The molecule has 0 saturated carbocycles. The molecule has 3 aromatic rings. The van der Waals surface area contributed by atoms with Crippen molar-refractivity contribution in [3.63, 3.8) is 0 Å². The number of hydrogen-bond donors (Lipinski definition) is 0. The van der Waals surface area contributed by atoms with Gasteiger partial charge < -0.3 is 9.32 Å². The molecule has 0 aliphatic carbocycles. The fourth-order valence-corrected chi connectivity index (χ4v) is 5.10. The van der Waals surface area contributed by atoms with E-state index in [0.29, 0.717) is 18.7 Å². The van der Waals surface area contributed by atoms with E-state index in [9.17, 15) is 13.2 Å². The van der Waals surface area contributed by atoms with Crippen LogP contribution in [0.15, 0.2) is 70.0 Å². The number of sulfone groups is 1. The van der Waals surface area contributed by atoms with E-state index in [2.05, 4.69) is 6.07 Å². The predicted octanol–water partition coefficient (Wildman–Crippen LogP) is 3.76. The Kier molecular flexibility index (Phi) is 4.81. The van der Waals surface area contributed by atoms with Gasteiger partial charge in [-0.1, -0.05) is 42.5 Å². The Balaban J connectivity index is 1.50. The summed E-state index contributed by atoms with van der Waals surface area (Å²) >= 11 is 0. The molecule has 0 spiro atoms. The number of amides is 1. The van der Waals surface area contributed by atoms with E-state index < -0.39 is 9.84 Å². The molecule has 0 atom stereocenters. The minimum Gasteiger partial charge on any atom is -0.455 e. The predicted molar refractivity (Wildman–Crippen MR) is 106 cm³/mol. The maximum atomic E-state index is 12.8. The number of fused-ring (bicyclic) bond motifs is 1. The first kappa shape index (κ1) is 18.5. The third-order valence-electron chi connectivity index (χ3n) is 5.05. The van der Waals surface area contributed by atoms with Crippen LogP contribution in [0.25, 0.3) is 0 Å². The number of carbonyl (C=O) groups is 1. The standard InChI is InChI=1S/C22H21NO4S/c1-16-6-2-5-9-21(16)28(25,26)15-19-10-11-20(27-19)22(24)23-13-12-17-7-3-4-8-18(17)14-23/h2-11H,12-15H2,1H3. The van der Waals surface area contributed by atoms with E-state index in [-0.39, 0.29) is 28.1 Å². The lowest BCUT2D eigenvalue weighted by Gasteiger charge is -2.28. The second-order valence-electron chi connectivity index (χ2n) is 7.04. The summed E-state index contributed by atoms with van der Waals surface area (Å²) in [6.45, 7) is 2.91. The van der Waals surface area contributed by atoms with Gasteiger partial charge in [0, 0.05) is 13.1 Å². The number of nitrogens with zero attached hydrogens (tertiary/aromatic N) is 1. The molecule has 144 valence electrons. The van der Waals surface area contributed by atoms with E-state index >= 15 is 0 Å². The highest BCUT2D eigenvalue weighted by Gasteiger charge is 2.25. The van der Waals surface area contributed by atoms with Crippen LogP contribution in [0.2, 0.25) is 0 Å². The SMILES string of the molecule is Cc1ccccc1S(=O)(=O)Cc1ccc(C(=O)N2CCc3ccccc3C2)o1. The van der Waals surface area contributed by atoms with Crippen LogP contribution in [0.4, 0.5) is 0 Å². The highest BCUT2D eigenvalue weighted by atomic mass is 32.2. The van der Waals surface area contributed by atoms with Crippen molar-refractivity contribution < 1.29 is 17.6 Å². The average Bonchev–Trinajstić information content (AvgIpc) is 3.15. The number of rotatable bonds is 4. The second-order valence-corrected chi connectivity index (χ2v) is 8.99. The third kappa shape index (κ3) is 3.60. The maximum absolute atomic E-state index is 12.8. The highest BCUT2D eigenvalue weighted by molar-refractivity contribution is 7.90. The summed E-state index contributed by atoms with van der Waals surface area (Å²) in [6.07, 6.45) is 0.803. The Morgan fingerprint density at radius 2 is 1.71 bits per heavy atom. The number of benzene rings is 2. The normalized spacial score (nSPS) is 14.0. The Labute approximate surface area is 164 Å². The molecular formula is C22H21NO4S. The topological polar surface area (TPSA) is 67.6 Å². The van der Waals surface area contributed by atoms with Gasteiger partial charge >= 0.3 is 0 Å². The van der Waals surface area contributed by atoms with Crippen LogP contribution in [0.5, 0.6) is 0 Å². The van der Waals surface area contributed by atoms with Crippen LogP contribution in [0.3, 0.4) is 0 Å². The van der Waals surface area contributed by atoms with Gasteiger partial charge in [-0.15, -0.1) is 0 Å². The molecule has 1 amide bonds. The van der Waals surface area contributed by atoms with Crippen molar-refractivity contribution >= 4 is 15.7 Å². The van der Waals surface area contributed by atoms with Crippen molar-refractivity contribution in [2.75, 3.05) is 6.54 Å². The summed E-state index contributed by atoms with van der Waals surface area (Å²) < 4.78 is 31.0. The molecule has 0 saturated heterocycles. The molecule has 0 fully saturated rings. The molecule has 28 heavy (non-hydrogen) atoms. The molecular weight excluding hydrogens is 374 g/mol. The van der Waals surface area contributed by atoms with Crippen LogP contribution in [-0.4, -0.2) is 25.8 Å². The smallest absolute Gasteiger partial charge is 0.289 e. The average molecular weight is 395 g/mol. The van der Waals surface area contributed by atoms with Crippen molar-refractivity contribution in [3.05, 3.63) is 88.9 Å². The first-order chi connectivity index (χ1) is 13.4. The fourth-order valence-electron chi connectivity index (χ4n) is 3.57.